The molecule has 3 heterocycles. The number of hydrogen-bond acceptors (Lipinski definition) is 4. The molecule has 0 saturated carbocycles. The monoisotopic (exact) mass is 373 g/mol. The molecule has 0 amide bonds. The highest BCUT2D eigenvalue weighted by Crippen LogP contribution is 2.34. The fraction of sp³-hybridized carbons (Fsp3) is 0.316. The number of nitrogens with one attached hydrogen (secondary N) is 1. The number of halogens is 1. The molecule has 1 fully saturated rings. The second-order valence-corrected chi connectivity index (χ2v) is 8.56. The summed E-state index contributed by atoms with van der Waals surface area (Å²) in [5.74, 6) is -0.269. The Labute approximate surface area is 151 Å². The molecule has 1 aliphatic rings. The molecule has 1 aromatic carbocycles. The average molecular weight is 373 g/mol. The molecule has 3 aromatic rings. The van der Waals surface area contributed by atoms with Crippen LogP contribution in [0.1, 0.15) is 29.9 Å². The molecule has 2 aromatic heterocycles. The van der Waals surface area contributed by atoms with E-state index in [0.717, 1.165) is 43.3 Å². The summed E-state index contributed by atoms with van der Waals surface area (Å²) in [6.45, 7) is 3.64. The van der Waals surface area contributed by atoms with E-state index in [4.69, 9.17) is 0 Å². The quantitative estimate of drug-likeness (QED) is 0.766. The molecule has 136 valence electrons. The molecule has 1 saturated heterocycles. The maximum absolute atomic E-state index is 13.8. The van der Waals surface area contributed by atoms with Crippen LogP contribution in [0, 0.1) is 12.7 Å². The molecule has 0 bridgehead atoms. The van der Waals surface area contributed by atoms with Crippen molar-refractivity contribution < 1.29 is 12.8 Å². The maximum Gasteiger partial charge on any atom is 0.269 e. The van der Waals surface area contributed by atoms with Crippen molar-refractivity contribution in [2.24, 2.45) is 0 Å². The number of fused-ring (bicyclic) bond motifs is 1. The van der Waals surface area contributed by atoms with Crippen LogP contribution in [0.15, 0.2) is 47.6 Å². The molecule has 26 heavy (non-hydrogen) atoms. The lowest BCUT2D eigenvalue weighted by Gasteiger charge is -2.22. The summed E-state index contributed by atoms with van der Waals surface area (Å²) in [5.41, 5.74) is 2.11. The topological polar surface area (TPSA) is 64.0 Å². The standard InChI is InChI=1S/C19H20FN3O2S/c1-13-2-4-16(5-3-13)26(24,25)23-12-18(14-6-8-21-9-7-14)17-10-15(20)11-22-19(17)23/h2-5,10-12,14,21H,6-9H2,1H3. The van der Waals surface area contributed by atoms with Gasteiger partial charge in [0.1, 0.15) is 5.82 Å². The molecule has 7 heteroatoms. The Bertz CT molecular complexity index is 1050. The van der Waals surface area contributed by atoms with Gasteiger partial charge in [-0.2, -0.15) is 0 Å². The van der Waals surface area contributed by atoms with Gasteiger partial charge >= 0.3 is 0 Å². The number of benzene rings is 1. The predicted octanol–water partition coefficient (Wildman–Crippen LogP) is 3.19. The third kappa shape index (κ3) is 2.91. The Morgan fingerprint density at radius 3 is 2.58 bits per heavy atom. The summed E-state index contributed by atoms with van der Waals surface area (Å²) >= 11 is 0. The second-order valence-electron chi connectivity index (χ2n) is 6.75. The largest absolute Gasteiger partial charge is 0.317 e. The van der Waals surface area contributed by atoms with Crippen LogP contribution < -0.4 is 5.32 Å². The summed E-state index contributed by atoms with van der Waals surface area (Å²) in [7, 11) is -3.80. The van der Waals surface area contributed by atoms with E-state index < -0.39 is 15.8 Å². The molecule has 1 aliphatic heterocycles. The van der Waals surface area contributed by atoms with Crippen molar-refractivity contribution in [3.05, 3.63) is 59.7 Å². The Hall–Kier alpha value is -2.25. The van der Waals surface area contributed by atoms with Gasteiger partial charge in [0.05, 0.1) is 11.1 Å². The van der Waals surface area contributed by atoms with Crippen molar-refractivity contribution in [3.8, 4) is 0 Å². The Morgan fingerprint density at radius 1 is 1.19 bits per heavy atom. The number of pyridine rings is 1. The van der Waals surface area contributed by atoms with E-state index >= 15 is 0 Å². The Balaban J connectivity index is 1.91. The smallest absolute Gasteiger partial charge is 0.269 e. The van der Waals surface area contributed by atoms with Crippen molar-refractivity contribution in [3.63, 3.8) is 0 Å². The molecule has 0 aliphatic carbocycles. The number of aromatic nitrogens is 2. The van der Waals surface area contributed by atoms with Gasteiger partial charge in [-0.15, -0.1) is 0 Å². The third-order valence-corrected chi connectivity index (χ3v) is 6.63. The van der Waals surface area contributed by atoms with Crippen LogP contribution in [-0.2, 0) is 10.0 Å². The highest BCUT2D eigenvalue weighted by Gasteiger charge is 2.26. The van der Waals surface area contributed by atoms with E-state index in [-0.39, 0.29) is 16.5 Å². The SMILES string of the molecule is Cc1ccc(S(=O)(=O)n2cc(C3CCNCC3)c3cc(F)cnc32)cc1. The fourth-order valence-corrected chi connectivity index (χ4v) is 4.88. The third-order valence-electron chi connectivity index (χ3n) is 4.97. The summed E-state index contributed by atoms with van der Waals surface area (Å²) < 4.78 is 41.3. The number of hydrogen-bond donors (Lipinski definition) is 1. The van der Waals surface area contributed by atoms with Crippen LogP contribution in [-0.4, -0.2) is 30.5 Å². The lowest BCUT2D eigenvalue weighted by molar-refractivity contribution is 0.462. The van der Waals surface area contributed by atoms with E-state index in [1.54, 1.807) is 30.5 Å². The van der Waals surface area contributed by atoms with E-state index in [2.05, 4.69) is 10.3 Å². The zero-order chi connectivity index (χ0) is 18.3. The molecule has 0 spiro atoms. The van der Waals surface area contributed by atoms with Gasteiger partial charge < -0.3 is 5.32 Å². The minimum atomic E-state index is -3.80. The van der Waals surface area contributed by atoms with Crippen LogP contribution in [0.2, 0.25) is 0 Å². The summed E-state index contributed by atoms with van der Waals surface area (Å²) in [6.07, 6.45) is 4.47. The highest BCUT2D eigenvalue weighted by molar-refractivity contribution is 7.90. The van der Waals surface area contributed by atoms with Gasteiger partial charge in [-0.05, 0) is 62.5 Å². The van der Waals surface area contributed by atoms with Crippen molar-refractivity contribution in [1.29, 1.82) is 0 Å². The van der Waals surface area contributed by atoms with Crippen molar-refractivity contribution in [2.75, 3.05) is 13.1 Å². The maximum atomic E-state index is 13.8. The van der Waals surface area contributed by atoms with Crippen LogP contribution in [0.5, 0.6) is 0 Å². The van der Waals surface area contributed by atoms with Gasteiger partial charge in [-0.1, -0.05) is 17.7 Å². The van der Waals surface area contributed by atoms with Crippen LogP contribution in [0.4, 0.5) is 4.39 Å². The van der Waals surface area contributed by atoms with Crippen molar-refractivity contribution in [2.45, 2.75) is 30.6 Å². The minimum absolute atomic E-state index is 0.191. The molecular formula is C19H20FN3O2S. The van der Waals surface area contributed by atoms with Gasteiger partial charge in [0, 0.05) is 11.6 Å². The van der Waals surface area contributed by atoms with Gasteiger partial charge in [0.2, 0.25) is 0 Å². The average Bonchev–Trinajstić information content (AvgIpc) is 3.02. The zero-order valence-electron chi connectivity index (χ0n) is 14.4. The molecule has 0 unspecified atom stereocenters. The lowest BCUT2D eigenvalue weighted by atomic mass is 9.90. The van der Waals surface area contributed by atoms with E-state index in [0.29, 0.717) is 5.39 Å². The van der Waals surface area contributed by atoms with Crippen LogP contribution >= 0.6 is 0 Å². The van der Waals surface area contributed by atoms with Gasteiger partial charge in [0.25, 0.3) is 10.0 Å². The summed E-state index contributed by atoms with van der Waals surface area (Å²) in [4.78, 5) is 4.30. The molecule has 5 nitrogen and oxygen atoms in total. The number of piperidine rings is 1. The summed E-state index contributed by atoms with van der Waals surface area (Å²) in [6, 6.07) is 8.09. The van der Waals surface area contributed by atoms with E-state index in [9.17, 15) is 12.8 Å². The Morgan fingerprint density at radius 2 is 1.88 bits per heavy atom. The number of rotatable bonds is 3. The molecule has 0 radical (unpaired) electrons. The Kier molecular flexibility index (Phi) is 4.28. The summed E-state index contributed by atoms with van der Waals surface area (Å²) in [5, 5.41) is 3.87. The van der Waals surface area contributed by atoms with Gasteiger partial charge in [0.15, 0.2) is 5.65 Å². The molecule has 1 N–H and O–H groups in total. The first-order chi connectivity index (χ1) is 12.5. The molecule has 4 rings (SSSR count). The predicted molar refractivity (Wildman–Crippen MR) is 98.3 cm³/mol. The first-order valence-electron chi connectivity index (χ1n) is 8.66. The van der Waals surface area contributed by atoms with E-state index in [1.807, 2.05) is 6.92 Å². The van der Waals surface area contributed by atoms with Gasteiger partial charge in [-0.3, -0.25) is 0 Å². The zero-order valence-corrected chi connectivity index (χ0v) is 15.3. The van der Waals surface area contributed by atoms with Crippen molar-refractivity contribution >= 4 is 21.1 Å². The first-order valence-corrected chi connectivity index (χ1v) is 10.1. The highest BCUT2D eigenvalue weighted by atomic mass is 32.2. The van der Waals surface area contributed by atoms with Gasteiger partial charge in [-0.25, -0.2) is 21.8 Å². The van der Waals surface area contributed by atoms with Crippen LogP contribution in [0.3, 0.4) is 0 Å². The normalized spacial score (nSPS) is 16.2. The van der Waals surface area contributed by atoms with Crippen molar-refractivity contribution in [1.82, 2.24) is 14.3 Å². The fourth-order valence-electron chi connectivity index (χ4n) is 3.54. The lowest BCUT2D eigenvalue weighted by Crippen LogP contribution is -2.26. The minimum Gasteiger partial charge on any atom is -0.317 e. The first kappa shape index (κ1) is 17.2. The number of aryl methyl sites for hydroxylation is 1. The second kappa shape index (κ2) is 6.48. The molecule has 0 atom stereocenters. The van der Waals surface area contributed by atoms with Crippen LogP contribution in [0.25, 0.3) is 11.0 Å². The van der Waals surface area contributed by atoms with E-state index in [1.165, 1.54) is 10.0 Å². The number of nitrogens with zero attached hydrogens (tertiary/aromatic N) is 2. The molecular weight excluding hydrogens is 353 g/mol.